The average molecular weight is 344 g/mol. The number of nitrogens with zero attached hydrogens (tertiary/aromatic N) is 2. The Kier molecular flexibility index (Phi) is 7.66. The Morgan fingerprint density at radius 1 is 1.04 bits per heavy atom. The number of likely N-dealkylation sites (N-methyl/N-ethyl adjacent to an activating group) is 1. The highest BCUT2D eigenvalue weighted by Gasteiger charge is 2.14. The molecule has 1 amide bonds. The minimum Gasteiger partial charge on any atom is -0.353 e. The van der Waals surface area contributed by atoms with Gasteiger partial charge in [-0.3, -0.25) is 4.79 Å². The zero-order chi connectivity index (χ0) is 18.2. The maximum Gasteiger partial charge on any atom is 0.243 e. The van der Waals surface area contributed by atoms with Crippen molar-refractivity contribution in [1.82, 2.24) is 15.1 Å². The van der Waals surface area contributed by atoms with Crippen LogP contribution in [0.15, 0.2) is 18.2 Å². The van der Waals surface area contributed by atoms with Crippen LogP contribution in [0.3, 0.4) is 0 Å². The molecule has 0 bridgehead atoms. The monoisotopic (exact) mass is 343 g/mol. The van der Waals surface area contributed by atoms with Gasteiger partial charge in [0.25, 0.3) is 0 Å². The SMILES string of the molecule is CCN1CCN(CCCNC(=O)C=Cc2cc(C)c(C)cc2C)CC1. The van der Waals surface area contributed by atoms with Crippen molar-refractivity contribution in [3.63, 3.8) is 0 Å². The first-order valence-electron chi connectivity index (χ1n) is 9.48. The number of piperazine rings is 1. The second-order valence-electron chi connectivity index (χ2n) is 7.05. The van der Waals surface area contributed by atoms with Crippen LogP contribution in [0.25, 0.3) is 6.08 Å². The molecule has 0 atom stereocenters. The van der Waals surface area contributed by atoms with Gasteiger partial charge >= 0.3 is 0 Å². The van der Waals surface area contributed by atoms with E-state index < -0.39 is 0 Å². The highest BCUT2D eigenvalue weighted by Crippen LogP contribution is 2.16. The van der Waals surface area contributed by atoms with Gasteiger partial charge in [0, 0.05) is 38.8 Å². The Balaban J connectivity index is 1.68. The maximum atomic E-state index is 12.0. The summed E-state index contributed by atoms with van der Waals surface area (Å²) in [6.45, 7) is 16.1. The van der Waals surface area contributed by atoms with Crippen molar-refractivity contribution < 1.29 is 4.79 Å². The Morgan fingerprint density at radius 3 is 2.36 bits per heavy atom. The number of benzene rings is 1. The minimum atomic E-state index is -0.00608. The molecule has 0 unspecified atom stereocenters. The second kappa shape index (κ2) is 9.73. The quantitative estimate of drug-likeness (QED) is 0.611. The smallest absolute Gasteiger partial charge is 0.243 e. The van der Waals surface area contributed by atoms with Gasteiger partial charge in [0.05, 0.1) is 0 Å². The van der Waals surface area contributed by atoms with E-state index in [1.165, 1.54) is 29.8 Å². The Bertz CT molecular complexity index is 601. The number of nitrogens with one attached hydrogen (secondary N) is 1. The number of carbonyl (C=O) groups is 1. The third-order valence-electron chi connectivity index (χ3n) is 5.16. The Labute approximate surface area is 152 Å². The van der Waals surface area contributed by atoms with Crippen molar-refractivity contribution in [2.45, 2.75) is 34.1 Å². The summed E-state index contributed by atoms with van der Waals surface area (Å²) in [5.74, 6) is -0.00608. The molecule has 4 heteroatoms. The summed E-state index contributed by atoms with van der Waals surface area (Å²) in [6.07, 6.45) is 4.58. The lowest BCUT2D eigenvalue weighted by Gasteiger charge is -2.33. The van der Waals surface area contributed by atoms with E-state index >= 15 is 0 Å². The molecular formula is C21H33N3O. The van der Waals surface area contributed by atoms with Gasteiger partial charge in [0.1, 0.15) is 0 Å². The Morgan fingerprint density at radius 2 is 1.68 bits per heavy atom. The first-order chi connectivity index (χ1) is 12.0. The number of hydrogen-bond acceptors (Lipinski definition) is 3. The highest BCUT2D eigenvalue weighted by molar-refractivity contribution is 5.91. The number of rotatable bonds is 7. The molecule has 0 aliphatic carbocycles. The first-order valence-corrected chi connectivity index (χ1v) is 9.48. The van der Waals surface area contributed by atoms with Gasteiger partial charge in [0.2, 0.25) is 5.91 Å². The van der Waals surface area contributed by atoms with Crippen LogP contribution in [0.4, 0.5) is 0 Å². The summed E-state index contributed by atoms with van der Waals surface area (Å²) >= 11 is 0. The van der Waals surface area contributed by atoms with Crippen molar-refractivity contribution in [1.29, 1.82) is 0 Å². The standard InChI is InChI=1S/C21H33N3O/c1-5-23-11-13-24(14-12-23)10-6-9-22-21(25)8-7-20-16-18(3)17(2)15-19(20)4/h7-8,15-16H,5-6,9-14H2,1-4H3,(H,22,25). The summed E-state index contributed by atoms with van der Waals surface area (Å²) in [7, 11) is 0. The molecule has 1 heterocycles. The summed E-state index contributed by atoms with van der Waals surface area (Å²) in [6, 6.07) is 4.32. The van der Waals surface area contributed by atoms with E-state index in [-0.39, 0.29) is 5.91 Å². The molecule has 1 N–H and O–H groups in total. The minimum absolute atomic E-state index is 0.00608. The summed E-state index contributed by atoms with van der Waals surface area (Å²) < 4.78 is 0. The molecule has 1 saturated heterocycles. The van der Waals surface area contributed by atoms with Crippen LogP contribution < -0.4 is 5.32 Å². The third-order valence-corrected chi connectivity index (χ3v) is 5.16. The molecule has 1 fully saturated rings. The van der Waals surface area contributed by atoms with Crippen LogP contribution in [0, 0.1) is 20.8 Å². The molecule has 1 aromatic rings. The maximum absolute atomic E-state index is 12.0. The largest absolute Gasteiger partial charge is 0.353 e. The van der Waals surface area contributed by atoms with Crippen molar-refractivity contribution in [3.05, 3.63) is 40.5 Å². The normalized spacial score (nSPS) is 16.5. The fourth-order valence-corrected chi connectivity index (χ4v) is 3.23. The second-order valence-corrected chi connectivity index (χ2v) is 7.05. The van der Waals surface area contributed by atoms with E-state index in [1.54, 1.807) is 6.08 Å². The van der Waals surface area contributed by atoms with Gasteiger partial charge in [0.15, 0.2) is 0 Å². The van der Waals surface area contributed by atoms with Gasteiger partial charge in [-0.15, -0.1) is 0 Å². The van der Waals surface area contributed by atoms with E-state index in [9.17, 15) is 4.79 Å². The van der Waals surface area contributed by atoms with Crippen LogP contribution in [0.5, 0.6) is 0 Å². The number of amides is 1. The van der Waals surface area contributed by atoms with E-state index in [2.05, 4.69) is 54.9 Å². The van der Waals surface area contributed by atoms with Crippen LogP contribution in [-0.4, -0.2) is 61.5 Å². The zero-order valence-electron chi connectivity index (χ0n) is 16.3. The summed E-state index contributed by atoms with van der Waals surface area (Å²) in [5, 5.41) is 3.00. The lowest BCUT2D eigenvalue weighted by molar-refractivity contribution is -0.116. The average Bonchev–Trinajstić information content (AvgIpc) is 2.61. The fourth-order valence-electron chi connectivity index (χ4n) is 3.23. The molecule has 2 rings (SSSR count). The zero-order valence-corrected chi connectivity index (χ0v) is 16.3. The molecule has 4 nitrogen and oxygen atoms in total. The van der Waals surface area contributed by atoms with Crippen molar-refractivity contribution >= 4 is 12.0 Å². The van der Waals surface area contributed by atoms with Crippen LogP contribution in [0.1, 0.15) is 35.6 Å². The molecule has 25 heavy (non-hydrogen) atoms. The lowest BCUT2D eigenvalue weighted by atomic mass is 10.0. The van der Waals surface area contributed by atoms with Crippen molar-refractivity contribution in [3.8, 4) is 0 Å². The Hall–Kier alpha value is -1.65. The molecule has 0 radical (unpaired) electrons. The lowest BCUT2D eigenvalue weighted by Crippen LogP contribution is -2.46. The molecule has 1 aromatic carbocycles. The van der Waals surface area contributed by atoms with Gasteiger partial charge in [-0.2, -0.15) is 0 Å². The van der Waals surface area contributed by atoms with Crippen molar-refractivity contribution in [2.75, 3.05) is 45.8 Å². The predicted molar refractivity (Wildman–Crippen MR) is 106 cm³/mol. The van der Waals surface area contributed by atoms with E-state index in [4.69, 9.17) is 0 Å². The predicted octanol–water partition coefficient (Wildman–Crippen LogP) is 2.77. The van der Waals surface area contributed by atoms with Gasteiger partial charge in [-0.05, 0) is 68.6 Å². The third kappa shape index (κ3) is 6.29. The van der Waals surface area contributed by atoms with Crippen molar-refractivity contribution in [2.24, 2.45) is 0 Å². The molecule has 138 valence electrons. The number of hydrogen-bond donors (Lipinski definition) is 1. The molecule has 1 aliphatic heterocycles. The summed E-state index contributed by atoms with van der Waals surface area (Å²) in [4.78, 5) is 17.0. The van der Waals surface area contributed by atoms with E-state index in [0.29, 0.717) is 0 Å². The fraction of sp³-hybridized carbons (Fsp3) is 0.571. The van der Waals surface area contributed by atoms with Gasteiger partial charge in [-0.25, -0.2) is 0 Å². The van der Waals surface area contributed by atoms with E-state index in [0.717, 1.165) is 44.7 Å². The molecule has 0 spiro atoms. The van der Waals surface area contributed by atoms with Crippen LogP contribution >= 0.6 is 0 Å². The van der Waals surface area contributed by atoms with Gasteiger partial charge < -0.3 is 15.1 Å². The number of carbonyl (C=O) groups excluding carboxylic acids is 1. The molecule has 1 aliphatic rings. The number of aryl methyl sites for hydroxylation is 3. The summed E-state index contributed by atoms with van der Waals surface area (Å²) in [5.41, 5.74) is 4.87. The van der Waals surface area contributed by atoms with Crippen LogP contribution in [-0.2, 0) is 4.79 Å². The van der Waals surface area contributed by atoms with Gasteiger partial charge in [-0.1, -0.05) is 19.1 Å². The van der Waals surface area contributed by atoms with E-state index in [1.807, 2.05) is 6.08 Å². The van der Waals surface area contributed by atoms with Crippen LogP contribution in [0.2, 0.25) is 0 Å². The molecular weight excluding hydrogens is 310 g/mol. The highest BCUT2D eigenvalue weighted by atomic mass is 16.1. The topological polar surface area (TPSA) is 35.6 Å². The molecule has 0 saturated carbocycles. The first kappa shape index (κ1) is 19.7. The molecule has 0 aromatic heterocycles.